The van der Waals surface area contributed by atoms with Crippen LogP contribution in [0.15, 0.2) is 67.0 Å². The minimum atomic E-state index is 0.476. The van der Waals surface area contributed by atoms with Crippen molar-refractivity contribution in [1.82, 2.24) is 14.9 Å². The first-order valence-corrected chi connectivity index (χ1v) is 10.8. The number of nitrogens with one attached hydrogen (secondary N) is 1. The summed E-state index contributed by atoms with van der Waals surface area (Å²) < 4.78 is 2.43. The van der Waals surface area contributed by atoms with Gasteiger partial charge in [-0.25, -0.2) is 4.98 Å². The van der Waals surface area contributed by atoms with E-state index in [0.717, 1.165) is 12.1 Å². The fourth-order valence-corrected chi connectivity index (χ4v) is 4.43. The zero-order valence-corrected chi connectivity index (χ0v) is 16.8. The van der Waals surface area contributed by atoms with Crippen molar-refractivity contribution >= 4 is 0 Å². The molecule has 2 heterocycles. The third-order valence-electron chi connectivity index (χ3n) is 6.01. The van der Waals surface area contributed by atoms with Crippen molar-refractivity contribution in [1.29, 1.82) is 0 Å². The zero-order chi connectivity index (χ0) is 19.2. The summed E-state index contributed by atoms with van der Waals surface area (Å²) in [6.07, 6.45) is 9.64. The molecule has 28 heavy (non-hydrogen) atoms. The summed E-state index contributed by atoms with van der Waals surface area (Å²) in [5.74, 6) is 0. The average Bonchev–Trinajstić information content (AvgIpc) is 3.21. The van der Waals surface area contributed by atoms with Crippen LogP contribution < -0.4 is 5.32 Å². The van der Waals surface area contributed by atoms with Crippen LogP contribution in [-0.4, -0.2) is 22.1 Å². The molecule has 2 unspecified atom stereocenters. The molecule has 1 N–H and O–H groups in total. The second-order valence-corrected chi connectivity index (χ2v) is 7.87. The number of imidazole rings is 1. The van der Waals surface area contributed by atoms with Crippen LogP contribution in [-0.2, 0) is 0 Å². The van der Waals surface area contributed by atoms with Crippen LogP contribution in [0.2, 0.25) is 0 Å². The van der Waals surface area contributed by atoms with Gasteiger partial charge in [-0.05, 0) is 38.6 Å². The Labute approximate surface area is 168 Å². The van der Waals surface area contributed by atoms with Crippen LogP contribution in [0.3, 0.4) is 0 Å². The molecule has 146 valence electrons. The minimum Gasteiger partial charge on any atom is -0.327 e. The summed E-state index contributed by atoms with van der Waals surface area (Å²) in [5.41, 5.74) is 4.76. The molecule has 0 aliphatic carbocycles. The summed E-state index contributed by atoms with van der Waals surface area (Å²) in [6.45, 7) is 3.48. The Morgan fingerprint density at radius 2 is 1.71 bits per heavy atom. The number of benzene rings is 2. The summed E-state index contributed by atoms with van der Waals surface area (Å²) in [7, 11) is 0. The van der Waals surface area contributed by atoms with Gasteiger partial charge in [0.1, 0.15) is 0 Å². The lowest BCUT2D eigenvalue weighted by atomic mass is 9.96. The highest BCUT2D eigenvalue weighted by molar-refractivity contribution is 5.78. The molecule has 1 saturated heterocycles. The van der Waals surface area contributed by atoms with Gasteiger partial charge in [-0.1, -0.05) is 74.0 Å². The van der Waals surface area contributed by atoms with E-state index < -0.39 is 0 Å². The molecule has 1 aliphatic heterocycles. The van der Waals surface area contributed by atoms with Gasteiger partial charge >= 0.3 is 0 Å². The Balaban J connectivity index is 1.66. The smallest absolute Gasteiger partial charge is 0.0963 e. The second kappa shape index (κ2) is 9.20. The van der Waals surface area contributed by atoms with E-state index in [4.69, 9.17) is 4.98 Å². The quantitative estimate of drug-likeness (QED) is 0.543. The Bertz CT molecular complexity index is 848. The van der Waals surface area contributed by atoms with Crippen LogP contribution in [0.25, 0.3) is 22.5 Å². The second-order valence-electron chi connectivity index (χ2n) is 7.87. The molecular formula is C25H31N3. The monoisotopic (exact) mass is 373 g/mol. The predicted octanol–water partition coefficient (Wildman–Crippen LogP) is 6.09. The first-order valence-electron chi connectivity index (χ1n) is 10.8. The van der Waals surface area contributed by atoms with E-state index in [9.17, 15) is 0 Å². The fourth-order valence-electron chi connectivity index (χ4n) is 4.43. The molecular weight excluding hydrogens is 342 g/mol. The first-order chi connectivity index (χ1) is 13.9. The Morgan fingerprint density at radius 3 is 2.36 bits per heavy atom. The molecule has 1 aliphatic rings. The molecule has 1 aromatic heterocycles. The normalized spacial score (nSPS) is 18.1. The average molecular weight is 374 g/mol. The Morgan fingerprint density at radius 1 is 1.00 bits per heavy atom. The van der Waals surface area contributed by atoms with Gasteiger partial charge in [0.25, 0.3) is 0 Å². The molecule has 4 rings (SSSR count). The molecule has 3 aromatic rings. The maximum absolute atomic E-state index is 4.87. The molecule has 3 heteroatoms. The number of hydrogen-bond donors (Lipinski definition) is 1. The number of piperidine rings is 1. The summed E-state index contributed by atoms with van der Waals surface area (Å²) in [4.78, 5) is 4.87. The van der Waals surface area contributed by atoms with Gasteiger partial charge in [0, 0.05) is 23.2 Å². The van der Waals surface area contributed by atoms with Gasteiger partial charge in [0.05, 0.1) is 17.7 Å². The molecule has 2 atom stereocenters. The lowest BCUT2D eigenvalue weighted by Crippen LogP contribution is -2.34. The van der Waals surface area contributed by atoms with E-state index in [0.29, 0.717) is 12.1 Å². The first kappa shape index (κ1) is 18.9. The molecule has 0 saturated carbocycles. The molecule has 0 amide bonds. The van der Waals surface area contributed by atoms with E-state index in [1.54, 1.807) is 0 Å². The minimum absolute atomic E-state index is 0.476. The highest BCUT2D eigenvalue weighted by Crippen LogP contribution is 2.35. The molecule has 0 bridgehead atoms. The van der Waals surface area contributed by atoms with Crippen molar-refractivity contribution in [3.63, 3.8) is 0 Å². The standard InChI is InChI=1S/C25H31N3/c1-2-23(17-16-22-15-9-10-18-26-22)28-19-27-24(20-11-5-3-6-12-20)25(28)21-13-7-4-8-14-21/h3-8,11-14,19,22-23,26H,2,9-10,15-18H2,1H3. The van der Waals surface area contributed by atoms with Gasteiger partial charge < -0.3 is 9.88 Å². The van der Waals surface area contributed by atoms with Crippen molar-refractivity contribution < 1.29 is 0 Å². The predicted molar refractivity (Wildman–Crippen MR) is 117 cm³/mol. The topological polar surface area (TPSA) is 29.9 Å². The number of nitrogens with zero attached hydrogens (tertiary/aromatic N) is 2. The van der Waals surface area contributed by atoms with Crippen molar-refractivity contribution in [2.75, 3.05) is 6.54 Å². The van der Waals surface area contributed by atoms with Crippen LogP contribution in [0.1, 0.15) is 51.5 Å². The van der Waals surface area contributed by atoms with Crippen LogP contribution >= 0.6 is 0 Å². The van der Waals surface area contributed by atoms with Crippen molar-refractivity contribution in [2.24, 2.45) is 0 Å². The number of aromatic nitrogens is 2. The molecule has 0 spiro atoms. The SMILES string of the molecule is CCC(CCC1CCCCN1)n1cnc(-c2ccccc2)c1-c1ccccc1. The van der Waals surface area contributed by atoms with Crippen molar-refractivity contribution in [2.45, 2.75) is 57.5 Å². The highest BCUT2D eigenvalue weighted by Gasteiger charge is 2.21. The van der Waals surface area contributed by atoms with Crippen molar-refractivity contribution in [3.05, 3.63) is 67.0 Å². The zero-order valence-electron chi connectivity index (χ0n) is 16.8. The highest BCUT2D eigenvalue weighted by atomic mass is 15.1. The van der Waals surface area contributed by atoms with Gasteiger partial charge in [0.2, 0.25) is 0 Å². The Hall–Kier alpha value is -2.39. The fraction of sp³-hybridized carbons (Fsp3) is 0.400. The maximum atomic E-state index is 4.87. The lowest BCUT2D eigenvalue weighted by molar-refractivity contribution is 0.340. The maximum Gasteiger partial charge on any atom is 0.0963 e. The van der Waals surface area contributed by atoms with E-state index in [1.807, 2.05) is 0 Å². The lowest BCUT2D eigenvalue weighted by Gasteiger charge is -2.26. The summed E-state index contributed by atoms with van der Waals surface area (Å²) >= 11 is 0. The van der Waals surface area contributed by atoms with Gasteiger partial charge in [-0.3, -0.25) is 0 Å². The Kier molecular flexibility index (Phi) is 6.23. The third kappa shape index (κ3) is 4.20. The number of rotatable bonds is 7. The van der Waals surface area contributed by atoms with Gasteiger partial charge in [0.15, 0.2) is 0 Å². The van der Waals surface area contributed by atoms with E-state index in [1.165, 1.54) is 55.5 Å². The van der Waals surface area contributed by atoms with Gasteiger partial charge in [-0.15, -0.1) is 0 Å². The molecule has 1 fully saturated rings. The summed E-state index contributed by atoms with van der Waals surface area (Å²) in [5, 5.41) is 3.70. The van der Waals surface area contributed by atoms with E-state index >= 15 is 0 Å². The van der Waals surface area contributed by atoms with Crippen LogP contribution in [0.5, 0.6) is 0 Å². The molecule has 3 nitrogen and oxygen atoms in total. The summed E-state index contributed by atoms with van der Waals surface area (Å²) in [6, 6.07) is 22.5. The van der Waals surface area contributed by atoms with Crippen molar-refractivity contribution in [3.8, 4) is 22.5 Å². The largest absolute Gasteiger partial charge is 0.327 e. The van der Waals surface area contributed by atoms with Crippen LogP contribution in [0.4, 0.5) is 0 Å². The van der Waals surface area contributed by atoms with E-state index in [-0.39, 0.29) is 0 Å². The third-order valence-corrected chi connectivity index (χ3v) is 6.01. The molecule has 0 radical (unpaired) electrons. The van der Waals surface area contributed by atoms with Crippen LogP contribution in [0, 0.1) is 0 Å². The van der Waals surface area contributed by atoms with E-state index in [2.05, 4.69) is 83.8 Å². The molecule has 2 aromatic carbocycles. The van der Waals surface area contributed by atoms with Gasteiger partial charge in [-0.2, -0.15) is 0 Å². The number of hydrogen-bond acceptors (Lipinski definition) is 2.